The SMILES string of the molecule is CCCOCCNc1cc(C2(C#N)CCSCC2)c2cnn(C(=N)/C=C\N)c2n1. The van der Waals surface area contributed by atoms with Crippen LogP contribution in [0.2, 0.25) is 0 Å². The van der Waals surface area contributed by atoms with Gasteiger partial charge in [-0.05, 0) is 54.7 Å². The number of ether oxygens (including phenoxy) is 1. The molecule has 3 heterocycles. The van der Waals surface area contributed by atoms with Crippen LogP contribution in [0.4, 0.5) is 5.82 Å². The summed E-state index contributed by atoms with van der Waals surface area (Å²) in [4.78, 5) is 4.68. The summed E-state index contributed by atoms with van der Waals surface area (Å²) in [6.45, 7) is 3.99. The first-order chi connectivity index (χ1) is 14.1. The number of rotatable bonds is 8. The van der Waals surface area contributed by atoms with Crippen molar-refractivity contribution in [2.24, 2.45) is 5.73 Å². The third-order valence-corrected chi connectivity index (χ3v) is 5.99. The van der Waals surface area contributed by atoms with Crippen molar-refractivity contribution >= 4 is 34.4 Å². The highest BCUT2D eigenvalue weighted by molar-refractivity contribution is 7.99. The summed E-state index contributed by atoms with van der Waals surface area (Å²) in [6, 6.07) is 4.55. The van der Waals surface area contributed by atoms with Crippen LogP contribution in [0.25, 0.3) is 11.0 Å². The number of allylic oxidation sites excluding steroid dienone is 1. The fourth-order valence-corrected chi connectivity index (χ4v) is 4.67. The standard InChI is InChI=1S/C20H27N7OS/c1-2-8-28-9-7-24-18-12-16(20(14-22)4-10-29-11-5-20)15-13-25-27(19(15)26-18)17(23)3-6-21/h3,6,12-13,23H,2,4-5,7-11,21H2,1H3,(H,24,26)/b6-3-,23-17?. The number of thioether (sulfide) groups is 1. The summed E-state index contributed by atoms with van der Waals surface area (Å²) in [5.41, 5.74) is 6.36. The van der Waals surface area contributed by atoms with Crippen LogP contribution in [-0.2, 0) is 10.2 Å². The molecule has 4 N–H and O–H groups in total. The molecular weight excluding hydrogens is 386 g/mol. The number of fused-ring (bicyclic) bond motifs is 1. The zero-order valence-electron chi connectivity index (χ0n) is 16.6. The molecule has 0 aliphatic carbocycles. The topological polar surface area (TPSA) is 126 Å². The van der Waals surface area contributed by atoms with Crippen molar-refractivity contribution in [1.82, 2.24) is 14.8 Å². The van der Waals surface area contributed by atoms with Crippen LogP contribution in [0, 0.1) is 16.7 Å². The monoisotopic (exact) mass is 413 g/mol. The average molecular weight is 414 g/mol. The fraction of sp³-hybridized carbons (Fsp3) is 0.500. The van der Waals surface area contributed by atoms with Gasteiger partial charge < -0.3 is 15.8 Å². The molecular formula is C20H27N7OS. The molecule has 0 spiro atoms. The van der Waals surface area contributed by atoms with E-state index < -0.39 is 5.41 Å². The van der Waals surface area contributed by atoms with Gasteiger partial charge in [0.25, 0.3) is 0 Å². The van der Waals surface area contributed by atoms with E-state index in [9.17, 15) is 5.26 Å². The molecule has 0 bridgehead atoms. The Kier molecular flexibility index (Phi) is 7.12. The Morgan fingerprint density at radius 3 is 2.97 bits per heavy atom. The van der Waals surface area contributed by atoms with E-state index >= 15 is 0 Å². The number of anilines is 1. The minimum atomic E-state index is -0.568. The van der Waals surface area contributed by atoms with Crippen molar-refractivity contribution in [3.8, 4) is 6.07 Å². The molecule has 154 valence electrons. The second-order valence-electron chi connectivity index (χ2n) is 6.94. The lowest BCUT2D eigenvalue weighted by molar-refractivity contribution is 0.144. The molecule has 8 nitrogen and oxygen atoms in total. The van der Waals surface area contributed by atoms with Gasteiger partial charge in [-0.1, -0.05) is 6.92 Å². The molecule has 2 aromatic rings. The number of pyridine rings is 1. The highest BCUT2D eigenvalue weighted by Gasteiger charge is 2.37. The van der Waals surface area contributed by atoms with Gasteiger partial charge in [0.05, 0.1) is 24.3 Å². The first-order valence-corrected chi connectivity index (χ1v) is 11.0. The minimum Gasteiger partial charge on any atom is -0.404 e. The largest absolute Gasteiger partial charge is 0.404 e. The van der Waals surface area contributed by atoms with Gasteiger partial charge in [0.15, 0.2) is 5.65 Å². The van der Waals surface area contributed by atoms with Gasteiger partial charge in [-0.2, -0.15) is 26.8 Å². The van der Waals surface area contributed by atoms with Crippen molar-refractivity contribution in [2.75, 3.05) is 36.6 Å². The van der Waals surface area contributed by atoms with E-state index in [4.69, 9.17) is 15.9 Å². The molecule has 0 unspecified atom stereocenters. The Morgan fingerprint density at radius 1 is 1.48 bits per heavy atom. The Hall–Kier alpha value is -2.57. The third-order valence-electron chi connectivity index (χ3n) is 5.00. The molecule has 1 aliphatic rings. The van der Waals surface area contributed by atoms with Crippen molar-refractivity contribution in [1.29, 1.82) is 10.7 Å². The van der Waals surface area contributed by atoms with E-state index in [2.05, 4.69) is 28.4 Å². The third kappa shape index (κ3) is 4.54. The van der Waals surface area contributed by atoms with E-state index in [-0.39, 0.29) is 5.84 Å². The number of nitriles is 1. The number of nitrogens with one attached hydrogen (secondary N) is 2. The average Bonchev–Trinajstić information content (AvgIpc) is 3.17. The first-order valence-electron chi connectivity index (χ1n) is 9.82. The van der Waals surface area contributed by atoms with Crippen molar-refractivity contribution in [3.05, 3.63) is 30.1 Å². The van der Waals surface area contributed by atoms with E-state index in [1.54, 1.807) is 6.20 Å². The Balaban J connectivity index is 2.03. The summed E-state index contributed by atoms with van der Waals surface area (Å²) >= 11 is 1.88. The normalized spacial score (nSPS) is 16.1. The molecule has 0 radical (unpaired) electrons. The number of aromatic nitrogens is 3. The van der Waals surface area contributed by atoms with Gasteiger partial charge in [-0.25, -0.2) is 4.98 Å². The van der Waals surface area contributed by atoms with Crippen LogP contribution in [0.1, 0.15) is 31.7 Å². The smallest absolute Gasteiger partial charge is 0.167 e. The van der Waals surface area contributed by atoms with E-state index in [1.807, 2.05) is 17.8 Å². The van der Waals surface area contributed by atoms with Crippen LogP contribution in [0.3, 0.4) is 0 Å². The molecule has 0 amide bonds. The van der Waals surface area contributed by atoms with Gasteiger partial charge in [-0.15, -0.1) is 0 Å². The molecule has 9 heteroatoms. The predicted molar refractivity (Wildman–Crippen MR) is 117 cm³/mol. The van der Waals surface area contributed by atoms with Crippen LogP contribution < -0.4 is 11.1 Å². The highest BCUT2D eigenvalue weighted by Crippen LogP contribution is 2.41. The number of nitrogens with zero attached hydrogens (tertiary/aromatic N) is 4. The van der Waals surface area contributed by atoms with Gasteiger partial charge in [0.2, 0.25) is 0 Å². The van der Waals surface area contributed by atoms with Crippen molar-refractivity contribution < 1.29 is 4.74 Å². The fourth-order valence-electron chi connectivity index (χ4n) is 3.48. The molecule has 0 saturated carbocycles. The molecule has 29 heavy (non-hydrogen) atoms. The molecule has 1 fully saturated rings. The number of nitrogens with two attached hydrogens (primary N) is 1. The number of hydrogen-bond donors (Lipinski definition) is 3. The molecule has 1 saturated heterocycles. The lowest BCUT2D eigenvalue weighted by Gasteiger charge is -2.31. The maximum Gasteiger partial charge on any atom is 0.167 e. The van der Waals surface area contributed by atoms with Crippen molar-refractivity contribution in [2.45, 2.75) is 31.6 Å². The van der Waals surface area contributed by atoms with Gasteiger partial charge >= 0.3 is 0 Å². The summed E-state index contributed by atoms with van der Waals surface area (Å²) < 4.78 is 6.99. The summed E-state index contributed by atoms with van der Waals surface area (Å²) in [5.74, 6) is 2.68. The maximum atomic E-state index is 10.1. The molecule has 2 aromatic heterocycles. The predicted octanol–water partition coefficient (Wildman–Crippen LogP) is 2.86. The molecule has 0 atom stereocenters. The van der Waals surface area contributed by atoms with E-state index in [1.165, 1.54) is 17.0 Å². The van der Waals surface area contributed by atoms with Crippen molar-refractivity contribution in [3.63, 3.8) is 0 Å². The lowest BCUT2D eigenvalue weighted by atomic mass is 9.76. The second-order valence-corrected chi connectivity index (χ2v) is 8.16. The van der Waals surface area contributed by atoms with Gasteiger partial charge in [-0.3, -0.25) is 5.41 Å². The lowest BCUT2D eigenvalue weighted by Crippen LogP contribution is -2.30. The summed E-state index contributed by atoms with van der Waals surface area (Å²) in [7, 11) is 0. The first kappa shape index (κ1) is 21.1. The van der Waals surface area contributed by atoms with Crippen LogP contribution in [0.15, 0.2) is 24.5 Å². The molecule has 1 aliphatic heterocycles. The van der Waals surface area contributed by atoms with Crippen LogP contribution in [0.5, 0.6) is 0 Å². The molecule has 0 aromatic carbocycles. The zero-order valence-corrected chi connectivity index (χ0v) is 17.5. The molecule has 3 rings (SSSR count). The van der Waals surface area contributed by atoms with Gasteiger partial charge in [0.1, 0.15) is 11.7 Å². The quantitative estimate of drug-likeness (QED) is 0.345. The highest BCUT2D eigenvalue weighted by atomic mass is 32.2. The van der Waals surface area contributed by atoms with Crippen LogP contribution in [-0.4, -0.2) is 51.9 Å². The summed E-state index contributed by atoms with van der Waals surface area (Å²) in [5, 5.41) is 26.8. The minimum absolute atomic E-state index is 0.120. The maximum absolute atomic E-state index is 10.1. The summed E-state index contributed by atoms with van der Waals surface area (Å²) in [6.07, 6.45) is 7.02. The van der Waals surface area contributed by atoms with Gasteiger partial charge in [0, 0.05) is 18.5 Å². The second kappa shape index (κ2) is 9.76. The Bertz CT molecular complexity index is 925. The van der Waals surface area contributed by atoms with Crippen LogP contribution >= 0.6 is 11.8 Å². The van der Waals surface area contributed by atoms with E-state index in [0.717, 1.165) is 48.3 Å². The zero-order chi connectivity index (χ0) is 20.7. The number of hydrogen-bond acceptors (Lipinski definition) is 8. The Labute approximate surface area is 175 Å². The Morgan fingerprint density at radius 2 is 2.28 bits per heavy atom. The van der Waals surface area contributed by atoms with E-state index in [0.29, 0.717) is 24.6 Å².